The molecule has 3 heterocycles. The summed E-state index contributed by atoms with van der Waals surface area (Å²) in [7, 11) is -4.29. The van der Waals surface area contributed by atoms with E-state index in [1.807, 2.05) is 38.1 Å². The van der Waals surface area contributed by atoms with E-state index < -0.39 is 38.5 Å². The van der Waals surface area contributed by atoms with Crippen LogP contribution in [0.4, 0.5) is 18.9 Å². The highest BCUT2D eigenvalue weighted by atomic mass is 32.2. The number of nitrogens with zero attached hydrogens (tertiary/aromatic N) is 4. The first-order valence-electron chi connectivity index (χ1n) is 12.0. The minimum absolute atomic E-state index is 0.127. The molecule has 0 fully saturated rings. The molecule has 0 aliphatic rings. The van der Waals surface area contributed by atoms with Gasteiger partial charge in [0.25, 0.3) is 0 Å². The summed E-state index contributed by atoms with van der Waals surface area (Å²) in [5, 5.41) is 8.01. The minimum atomic E-state index is -4.85. The summed E-state index contributed by atoms with van der Waals surface area (Å²) >= 11 is 1.13. The first-order chi connectivity index (χ1) is 18.3. The number of halogens is 3. The van der Waals surface area contributed by atoms with Crippen LogP contribution < -0.4 is 5.32 Å². The summed E-state index contributed by atoms with van der Waals surface area (Å²) in [6.45, 7) is 6.10. The van der Waals surface area contributed by atoms with Gasteiger partial charge in [0.1, 0.15) is 5.69 Å². The molecule has 0 unspecified atom stereocenters. The number of sulfone groups is 1. The number of amides is 1. The molecule has 3 aromatic heterocycles. The number of aromatic nitrogens is 4. The van der Waals surface area contributed by atoms with Crippen molar-refractivity contribution in [2.24, 2.45) is 0 Å². The van der Waals surface area contributed by atoms with Crippen molar-refractivity contribution >= 4 is 32.8 Å². The average molecular weight is 578 g/mol. The summed E-state index contributed by atoms with van der Waals surface area (Å²) in [4.78, 5) is 20.2. The van der Waals surface area contributed by atoms with Crippen LogP contribution in [0.1, 0.15) is 41.1 Å². The topological polar surface area (TPSA) is 107 Å². The van der Waals surface area contributed by atoms with Gasteiger partial charge in [-0.3, -0.25) is 9.48 Å². The highest BCUT2D eigenvalue weighted by molar-refractivity contribution is 7.91. The molecule has 4 aromatic rings. The zero-order valence-electron chi connectivity index (χ0n) is 21.4. The molecule has 8 nitrogen and oxygen atoms in total. The van der Waals surface area contributed by atoms with Gasteiger partial charge in [-0.15, -0.1) is 11.3 Å². The predicted molar refractivity (Wildman–Crippen MR) is 142 cm³/mol. The van der Waals surface area contributed by atoms with Crippen LogP contribution in [0, 0.1) is 20.8 Å². The molecular weight excluding hydrogens is 551 g/mol. The Morgan fingerprint density at radius 2 is 1.79 bits per heavy atom. The Kier molecular flexibility index (Phi) is 8.21. The van der Waals surface area contributed by atoms with Gasteiger partial charge in [-0.1, -0.05) is 35.9 Å². The molecular formula is C26H26F3N5O3S2. The van der Waals surface area contributed by atoms with E-state index in [2.05, 4.69) is 20.4 Å². The van der Waals surface area contributed by atoms with Crippen molar-refractivity contribution in [1.29, 1.82) is 0 Å². The highest BCUT2D eigenvalue weighted by Gasteiger charge is 2.35. The third-order valence-electron chi connectivity index (χ3n) is 5.96. The van der Waals surface area contributed by atoms with Gasteiger partial charge in [0, 0.05) is 6.42 Å². The van der Waals surface area contributed by atoms with E-state index in [1.54, 1.807) is 29.1 Å². The van der Waals surface area contributed by atoms with Crippen LogP contribution in [0.2, 0.25) is 0 Å². The van der Waals surface area contributed by atoms with Crippen molar-refractivity contribution in [1.82, 2.24) is 19.7 Å². The number of thiophene rings is 1. The second kappa shape index (κ2) is 11.3. The normalized spacial score (nSPS) is 12.1. The molecule has 4 rings (SSSR count). The smallest absolute Gasteiger partial charge is 0.323 e. The molecule has 0 spiro atoms. The van der Waals surface area contributed by atoms with Crippen LogP contribution in [0.15, 0.2) is 53.0 Å². The average Bonchev–Trinajstić information content (AvgIpc) is 3.50. The molecule has 0 atom stereocenters. The Hall–Kier alpha value is -3.58. The lowest BCUT2D eigenvalue weighted by atomic mass is 10.1. The van der Waals surface area contributed by atoms with Gasteiger partial charge in [-0.05, 0) is 50.3 Å². The molecule has 0 saturated heterocycles. The van der Waals surface area contributed by atoms with E-state index in [0.717, 1.165) is 34.2 Å². The quantitative estimate of drug-likeness (QED) is 0.260. The molecule has 13 heteroatoms. The van der Waals surface area contributed by atoms with Crippen molar-refractivity contribution < 1.29 is 26.4 Å². The van der Waals surface area contributed by atoms with E-state index in [-0.39, 0.29) is 18.5 Å². The summed E-state index contributed by atoms with van der Waals surface area (Å²) in [6, 6.07) is 11.9. The maximum atomic E-state index is 13.4. The number of benzene rings is 1. The number of anilines is 1. The first-order valence-corrected chi connectivity index (χ1v) is 14.5. The van der Waals surface area contributed by atoms with Crippen LogP contribution in [0.3, 0.4) is 0 Å². The first kappa shape index (κ1) is 28.4. The van der Waals surface area contributed by atoms with Gasteiger partial charge >= 0.3 is 6.18 Å². The van der Waals surface area contributed by atoms with E-state index in [9.17, 15) is 26.4 Å². The van der Waals surface area contributed by atoms with E-state index in [1.165, 1.54) is 0 Å². The number of nitrogens with one attached hydrogen (secondary N) is 1. The Bertz CT molecular complexity index is 1580. The molecule has 206 valence electrons. The number of rotatable bonds is 9. The summed E-state index contributed by atoms with van der Waals surface area (Å²) in [5.74, 6) is -1.02. The van der Waals surface area contributed by atoms with Gasteiger partial charge in [-0.2, -0.15) is 18.3 Å². The van der Waals surface area contributed by atoms with Crippen LogP contribution >= 0.6 is 11.3 Å². The molecule has 1 aromatic carbocycles. The molecule has 0 aliphatic carbocycles. The van der Waals surface area contributed by atoms with Crippen LogP contribution in [0.5, 0.6) is 0 Å². The fourth-order valence-electron chi connectivity index (χ4n) is 3.87. The lowest BCUT2D eigenvalue weighted by Gasteiger charge is -2.10. The van der Waals surface area contributed by atoms with E-state index >= 15 is 0 Å². The van der Waals surface area contributed by atoms with E-state index in [4.69, 9.17) is 0 Å². The zero-order valence-corrected chi connectivity index (χ0v) is 23.0. The zero-order chi connectivity index (χ0) is 28.4. The summed E-state index contributed by atoms with van der Waals surface area (Å²) in [5.41, 5.74) is 2.62. The van der Waals surface area contributed by atoms with Crippen LogP contribution in [0.25, 0.3) is 10.6 Å². The van der Waals surface area contributed by atoms with E-state index in [0.29, 0.717) is 22.8 Å². The number of hydrogen-bond donors (Lipinski definition) is 1. The van der Waals surface area contributed by atoms with Gasteiger partial charge < -0.3 is 5.32 Å². The molecule has 1 amide bonds. The number of carbonyl (C=O) groups is 1. The highest BCUT2D eigenvalue weighted by Crippen LogP contribution is 2.32. The minimum Gasteiger partial charge on any atom is -0.323 e. The van der Waals surface area contributed by atoms with Crippen molar-refractivity contribution in [3.05, 3.63) is 76.1 Å². The number of carbonyl (C=O) groups excluding carboxylic acids is 1. The Balaban J connectivity index is 1.42. The monoisotopic (exact) mass is 577 g/mol. The van der Waals surface area contributed by atoms with Crippen molar-refractivity contribution in [3.63, 3.8) is 0 Å². The van der Waals surface area contributed by atoms with Gasteiger partial charge in [0.05, 0.1) is 39.9 Å². The summed E-state index contributed by atoms with van der Waals surface area (Å²) < 4.78 is 67.7. The van der Waals surface area contributed by atoms with Crippen LogP contribution in [-0.4, -0.2) is 39.8 Å². The van der Waals surface area contributed by atoms with Crippen molar-refractivity contribution in [3.8, 4) is 10.6 Å². The molecule has 0 saturated carbocycles. The molecule has 0 bridgehead atoms. The SMILES string of the molecule is Cc1ccc(Cn2nc(C)c(NC(=O)CCCS(=O)(=O)c3nc(-c4cccs4)cc(C(F)(F)F)n3)c2C)cc1. The van der Waals surface area contributed by atoms with Crippen molar-refractivity contribution in [2.45, 2.75) is 51.5 Å². The Labute approximate surface area is 227 Å². The van der Waals surface area contributed by atoms with Gasteiger partial charge in [-0.25, -0.2) is 18.4 Å². The molecule has 0 radical (unpaired) electrons. The maximum Gasteiger partial charge on any atom is 0.433 e. The third-order valence-corrected chi connectivity index (χ3v) is 8.42. The summed E-state index contributed by atoms with van der Waals surface area (Å²) in [6.07, 6.45) is -5.14. The second-order valence-electron chi connectivity index (χ2n) is 9.06. The number of alkyl halides is 3. The fourth-order valence-corrected chi connectivity index (χ4v) is 5.74. The lowest BCUT2D eigenvalue weighted by Crippen LogP contribution is -2.18. The Morgan fingerprint density at radius 1 is 1.08 bits per heavy atom. The molecule has 39 heavy (non-hydrogen) atoms. The largest absolute Gasteiger partial charge is 0.433 e. The fraction of sp³-hybridized carbons (Fsp3) is 0.308. The molecule has 0 aliphatic heterocycles. The molecule has 1 N–H and O–H groups in total. The standard InChI is InChI=1S/C26H26F3N5O3S2/c1-16-8-10-19(11-9-16)15-34-18(3)24(17(2)33-34)32-23(35)7-5-13-39(36,37)25-30-20(21-6-4-12-38-21)14-22(31-25)26(27,28)29/h4,6,8-12,14H,5,7,13,15H2,1-3H3,(H,32,35). The van der Waals surface area contributed by atoms with Crippen molar-refractivity contribution in [2.75, 3.05) is 11.1 Å². The third kappa shape index (κ3) is 6.90. The predicted octanol–water partition coefficient (Wildman–Crippen LogP) is 5.59. The maximum absolute atomic E-state index is 13.4. The Morgan fingerprint density at radius 3 is 2.44 bits per heavy atom. The number of hydrogen-bond acceptors (Lipinski definition) is 7. The lowest BCUT2D eigenvalue weighted by molar-refractivity contribution is -0.141. The number of aryl methyl sites for hydroxylation is 2. The van der Waals surface area contributed by atoms with Gasteiger partial charge in [0.2, 0.25) is 20.9 Å². The van der Waals surface area contributed by atoms with Gasteiger partial charge in [0.15, 0.2) is 0 Å². The second-order valence-corrected chi connectivity index (χ2v) is 12.0. The van der Waals surface area contributed by atoms with Crippen LogP contribution in [-0.2, 0) is 27.4 Å².